The van der Waals surface area contributed by atoms with E-state index in [0.29, 0.717) is 5.56 Å². The van der Waals surface area contributed by atoms with E-state index in [-0.39, 0.29) is 11.8 Å². The zero-order valence-electron chi connectivity index (χ0n) is 9.33. The van der Waals surface area contributed by atoms with Crippen molar-refractivity contribution in [3.05, 3.63) is 29.8 Å². The standard InChI is InChI=1S/C12H17F2NO/c1-2-3-7-10(15)9-6-4-5-8-11(9)16-12(13)14/h4-6,8,10,12H,2-3,7,15H2,1H3. The van der Waals surface area contributed by atoms with Crippen molar-refractivity contribution in [1.29, 1.82) is 0 Å². The summed E-state index contributed by atoms with van der Waals surface area (Å²) >= 11 is 0. The SMILES string of the molecule is CCCCC(N)c1ccccc1OC(F)F. The summed E-state index contributed by atoms with van der Waals surface area (Å²) in [5.41, 5.74) is 6.58. The Morgan fingerprint density at radius 1 is 1.31 bits per heavy atom. The van der Waals surface area contributed by atoms with Crippen LogP contribution in [-0.2, 0) is 0 Å². The van der Waals surface area contributed by atoms with Crippen molar-refractivity contribution in [2.45, 2.75) is 38.8 Å². The lowest BCUT2D eigenvalue weighted by molar-refractivity contribution is -0.0506. The van der Waals surface area contributed by atoms with Crippen LogP contribution in [0, 0.1) is 0 Å². The van der Waals surface area contributed by atoms with Crippen molar-refractivity contribution < 1.29 is 13.5 Å². The molecule has 0 fully saturated rings. The van der Waals surface area contributed by atoms with Crippen LogP contribution in [0.25, 0.3) is 0 Å². The lowest BCUT2D eigenvalue weighted by Crippen LogP contribution is -2.13. The van der Waals surface area contributed by atoms with Gasteiger partial charge in [-0.1, -0.05) is 38.0 Å². The van der Waals surface area contributed by atoms with Crippen LogP contribution in [0.15, 0.2) is 24.3 Å². The van der Waals surface area contributed by atoms with E-state index in [1.807, 2.05) is 0 Å². The van der Waals surface area contributed by atoms with E-state index in [1.54, 1.807) is 18.2 Å². The first-order chi connectivity index (χ1) is 7.65. The van der Waals surface area contributed by atoms with Gasteiger partial charge in [0.2, 0.25) is 0 Å². The number of unbranched alkanes of at least 4 members (excludes halogenated alkanes) is 1. The van der Waals surface area contributed by atoms with Crippen molar-refractivity contribution in [3.8, 4) is 5.75 Å². The van der Waals surface area contributed by atoms with E-state index in [2.05, 4.69) is 11.7 Å². The molecule has 0 bridgehead atoms. The van der Waals surface area contributed by atoms with Crippen LogP contribution >= 0.6 is 0 Å². The normalized spacial score (nSPS) is 12.8. The molecule has 16 heavy (non-hydrogen) atoms. The third kappa shape index (κ3) is 3.77. The van der Waals surface area contributed by atoms with Crippen LogP contribution in [0.2, 0.25) is 0 Å². The minimum absolute atomic E-state index is 0.182. The lowest BCUT2D eigenvalue weighted by atomic mass is 10.0. The van der Waals surface area contributed by atoms with Crippen LogP contribution in [0.4, 0.5) is 8.78 Å². The molecule has 4 heteroatoms. The molecule has 0 saturated heterocycles. The topological polar surface area (TPSA) is 35.2 Å². The number of benzene rings is 1. The second-order valence-electron chi connectivity index (χ2n) is 3.67. The van der Waals surface area contributed by atoms with Gasteiger partial charge in [0.25, 0.3) is 0 Å². The van der Waals surface area contributed by atoms with Crippen molar-refractivity contribution in [2.75, 3.05) is 0 Å². The summed E-state index contributed by atoms with van der Waals surface area (Å²) in [4.78, 5) is 0. The number of rotatable bonds is 6. The summed E-state index contributed by atoms with van der Waals surface area (Å²) in [6, 6.07) is 6.45. The third-order valence-electron chi connectivity index (χ3n) is 2.40. The first kappa shape index (κ1) is 12.9. The van der Waals surface area contributed by atoms with E-state index < -0.39 is 6.61 Å². The average molecular weight is 229 g/mol. The predicted molar refractivity (Wildman–Crippen MR) is 59.5 cm³/mol. The molecule has 0 spiro atoms. The first-order valence-electron chi connectivity index (χ1n) is 5.44. The second-order valence-corrected chi connectivity index (χ2v) is 3.67. The van der Waals surface area contributed by atoms with Crippen molar-refractivity contribution in [1.82, 2.24) is 0 Å². The third-order valence-corrected chi connectivity index (χ3v) is 2.40. The smallest absolute Gasteiger partial charge is 0.387 e. The summed E-state index contributed by atoms with van der Waals surface area (Å²) in [5.74, 6) is 0.182. The zero-order chi connectivity index (χ0) is 12.0. The molecule has 1 atom stereocenters. The van der Waals surface area contributed by atoms with Gasteiger partial charge in [0.15, 0.2) is 0 Å². The fourth-order valence-corrected chi connectivity index (χ4v) is 1.57. The van der Waals surface area contributed by atoms with Crippen LogP contribution in [-0.4, -0.2) is 6.61 Å². The highest BCUT2D eigenvalue weighted by molar-refractivity contribution is 5.35. The number of para-hydroxylation sites is 1. The molecule has 0 heterocycles. The largest absolute Gasteiger partial charge is 0.434 e. The van der Waals surface area contributed by atoms with Gasteiger partial charge < -0.3 is 10.5 Å². The Balaban J connectivity index is 2.76. The monoisotopic (exact) mass is 229 g/mol. The maximum Gasteiger partial charge on any atom is 0.387 e. The molecule has 1 rings (SSSR count). The van der Waals surface area contributed by atoms with Gasteiger partial charge in [-0.15, -0.1) is 0 Å². The maximum atomic E-state index is 12.2. The zero-order valence-corrected chi connectivity index (χ0v) is 9.33. The Morgan fingerprint density at radius 3 is 2.62 bits per heavy atom. The lowest BCUT2D eigenvalue weighted by Gasteiger charge is -2.16. The number of alkyl halides is 2. The molecule has 0 aliphatic heterocycles. The summed E-state index contributed by atoms with van der Waals surface area (Å²) in [6.45, 7) is -0.742. The van der Waals surface area contributed by atoms with Gasteiger partial charge in [-0.05, 0) is 12.5 Å². The van der Waals surface area contributed by atoms with Gasteiger partial charge in [-0.3, -0.25) is 0 Å². The van der Waals surface area contributed by atoms with Crippen molar-refractivity contribution in [2.24, 2.45) is 5.73 Å². The molecule has 2 nitrogen and oxygen atoms in total. The minimum Gasteiger partial charge on any atom is -0.434 e. The fourth-order valence-electron chi connectivity index (χ4n) is 1.57. The van der Waals surface area contributed by atoms with Gasteiger partial charge >= 0.3 is 6.61 Å². The minimum atomic E-state index is -2.81. The predicted octanol–water partition coefficient (Wildman–Crippen LogP) is 3.48. The van der Waals surface area contributed by atoms with Crippen LogP contribution in [0.1, 0.15) is 37.8 Å². The molecule has 0 aliphatic carbocycles. The molecule has 1 unspecified atom stereocenters. The number of hydrogen-bond acceptors (Lipinski definition) is 2. The molecular weight excluding hydrogens is 212 g/mol. The second kappa shape index (κ2) is 6.43. The van der Waals surface area contributed by atoms with Gasteiger partial charge in [0.05, 0.1) is 0 Å². The maximum absolute atomic E-state index is 12.2. The molecule has 0 aromatic heterocycles. The molecule has 0 radical (unpaired) electrons. The fraction of sp³-hybridized carbons (Fsp3) is 0.500. The summed E-state index contributed by atoms with van der Waals surface area (Å²) in [5, 5.41) is 0. The first-order valence-corrected chi connectivity index (χ1v) is 5.44. The molecular formula is C12H17F2NO. The van der Waals surface area contributed by atoms with Gasteiger partial charge in [-0.25, -0.2) is 0 Å². The van der Waals surface area contributed by atoms with Crippen molar-refractivity contribution in [3.63, 3.8) is 0 Å². The molecule has 1 aromatic carbocycles. The number of ether oxygens (including phenoxy) is 1. The molecule has 1 aromatic rings. The van der Waals surface area contributed by atoms with Gasteiger partial charge in [-0.2, -0.15) is 8.78 Å². The Hall–Kier alpha value is -1.16. The van der Waals surface area contributed by atoms with Gasteiger partial charge in [0.1, 0.15) is 5.75 Å². The van der Waals surface area contributed by atoms with Crippen LogP contribution < -0.4 is 10.5 Å². The Morgan fingerprint density at radius 2 is 2.00 bits per heavy atom. The molecule has 0 saturated carbocycles. The number of nitrogens with two attached hydrogens (primary N) is 1. The number of halogens is 2. The summed E-state index contributed by atoms with van der Waals surface area (Å²) in [7, 11) is 0. The molecule has 90 valence electrons. The van der Waals surface area contributed by atoms with E-state index >= 15 is 0 Å². The molecule has 0 aliphatic rings. The average Bonchev–Trinajstić information content (AvgIpc) is 2.26. The Labute approximate surface area is 94.4 Å². The number of hydrogen-bond donors (Lipinski definition) is 1. The summed E-state index contributed by atoms with van der Waals surface area (Å²) in [6.07, 6.45) is 2.79. The molecule has 2 N–H and O–H groups in total. The van der Waals surface area contributed by atoms with Crippen LogP contribution in [0.3, 0.4) is 0 Å². The highest BCUT2D eigenvalue weighted by atomic mass is 19.3. The van der Waals surface area contributed by atoms with Gasteiger partial charge in [0, 0.05) is 11.6 Å². The van der Waals surface area contributed by atoms with E-state index in [4.69, 9.17) is 5.73 Å². The van der Waals surface area contributed by atoms with E-state index in [0.717, 1.165) is 19.3 Å². The Kier molecular flexibility index (Phi) is 5.19. The van der Waals surface area contributed by atoms with E-state index in [1.165, 1.54) is 6.07 Å². The van der Waals surface area contributed by atoms with Crippen LogP contribution in [0.5, 0.6) is 5.75 Å². The highest BCUT2D eigenvalue weighted by Gasteiger charge is 2.14. The van der Waals surface area contributed by atoms with E-state index in [9.17, 15) is 8.78 Å². The Bertz CT molecular complexity index is 318. The molecule has 0 amide bonds. The van der Waals surface area contributed by atoms with Crippen molar-refractivity contribution >= 4 is 0 Å². The highest BCUT2D eigenvalue weighted by Crippen LogP contribution is 2.27. The quantitative estimate of drug-likeness (QED) is 0.810. The summed E-state index contributed by atoms with van der Waals surface area (Å²) < 4.78 is 28.7.